The molecule has 1 N–H and O–H groups in total. The van der Waals surface area contributed by atoms with Gasteiger partial charge in [0.15, 0.2) is 0 Å². The zero-order valence-corrected chi connectivity index (χ0v) is 16.6. The Kier molecular flexibility index (Phi) is 6.83. The monoisotopic (exact) mass is 431 g/mol. The minimum atomic E-state index is -3.70. The van der Waals surface area contributed by atoms with Crippen LogP contribution in [0.1, 0.15) is 25.0 Å². The molecule has 0 spiro atoms. The van der Waals surface area contributed by atoms with E-state index in [0.717, 1.165) is 15.6 Å². The van der Waals surface area contributed by atoms with Gasteiger partial charge in [-0.15, -0.1) is 0 Å². The highest BCUT2D eigenvalue weighted by atomic mass is 79.9. The van der Waals surface area contributed by atoms with Gasteiger partial charge < -0.3 is 4.74 Å². The summed E-state index contributed by atoms with van der Waals surface area (Å²) in [5.41, 5.74) is 1.82. The van der Waals surface area contributed by atoms with Gasteiger partial charge in [0.25, 0.3) is 0 Å². The summed E-state index contributed by atoms with van der Waals surface area (Å²) in [6.45, 7) is 4.53. The normalized spacial score (nSPS) is 11.9. The molecule has 0 unspecified atom stereocenters. The third-order valence-corrected chi connectivity index (χ3v) is 5.70. The largest absolute Gasteiger partial charge is 0.374 e. The van der Waals surface area contributed by atoms with Crippen molar-refractivity contribution in [3.8, 4) is 0 Å². The van der Waals surface area contributed by atoms with Gasteiger partial charge in [0.2, 0.25) is 10.0 Å². The highest BCUT2D eigenvalue weighted by Gasteiger charge is 2.18. The molecule has 2 rings (SSSR count). The number of rotatable bonds is 7. The summed E-state index contributed by atoms with van der Waals surface area (Å²) in [5, 5.41) is 0.174. The lowest BCUT2D eigenvalue weighted by molar-refractivity contribution is 0.0652. The van der Waals surface area contributed by atoms with E-state index in [9.17, 15) is 8.42 Å². The maximum absolute atomic E-state index is 12.5. The van der Waals surface area contributed by atoms with E-state index in [-0.39, 0.29) is 22.6 Å². The molecule has 0 saturated heterocycles. The molecule has 0 atom stereocenters. The fourth-order valence-corrected chi connectivity index (χ4v) is 4.11. The summed E-state index contributed by atoms with van der Waals surface area (Å²) in [6.07, 6.45) is 0.108. The molecule has 2 aromatic carbocycles. The third kappa shape index (κ3) is 5.29. The van der Waals surface area contributed by atoms with Gasteiger partial charge >= 0.3 is 0 Å². The molecule has 0 aliphatic carbocycles. The topological polar surface area (TPSA) is 55.4 Å². The van der Waals surface area contributed by atoms with Crippen molar-refractivity contribution in [1.29, 1.82) is 0 Å². The van der Waals surface area contributed by atoms with Crippen molar-refractivity contribution in [3.63, 3.8) is 0 Å². The fourth-order valence-electron chi connectivity index (χ4n) is 2.07. The molecular weight excluding hydrogens is 414 g/mol. The molecule has 2 aromatic rings. The van der Waals surface area contributed by atoms with Gasteiger partial charge in [0, 0.05) is 11.0 Å². The molecular formula is C17H19BrClNO3S. The average Bonchev–Trinajstić information content (AvgIpc) is 2.51. The van der Waals surface area contributed by atoms with Gasteiger partial charge in [-0.25, -0.2) is 13.1 Å². The number of hydrogen-bond donors (Lipinski definition) is 1. The Morgan fingerprint density at radius 3 is 2.46 bits per heavy atom. The summed E-state index contributed by atoms with van der Waals surface area (Å²) < 4.78 is 33.9. The van der Waals surface area contributed by atoms with E-state index < -0.39 is 10.0 Å². The van der Waals surface area contributed by atoms with Crippen molar-refractivity contribution in [1.82, 2.24) is 4.72 Å². The molecule has 0 aliphatic heterocycles. The highest BCUT2D eigenvalue weighted by Crippen LogP contribution is 2.25. The quantitative estimate of drug-likeness (QED) is 0.700. The average molecular weight is 433 g/mol. The molecule has 0 radical (unpaired) electrons. The molecule has 4 nitrogen and oxygen atoms in total. The Bertz CT molecular complexity index is 809. The first-order chi connectivity index (χ1) is 11.3. The lowest BCUT2D eigenvalue weighted by Crippen LogP contribution is -2.24. The molecule has 24 heavy (non-hydrogen) atoms. The first kappa shape index (κ1) is 19.4. The van der Waals surface area contributed by atoms with Crippen molar-refractivity contribution < 1.29 is 13.2 Å². The maximum atomic E-state index is 12.5. The second-order valence-electron chi connectivity index (χ2n) is 5.53. The predicted octanol–water partition coefficient (Wildman–Crippen LogP) is 4.51. The van der Waals surface area contributed by atoms with Gasteiger partial charge in [-0.3, -0.25) is 0 Å². The first-order valence-corrected chi connectivity index (χ1v) is 10.1. The predicted molar refractivity (Wildman–Crippen MR) is 99.5 cm³/mol. The Hall–Kier alpha value is -0.920. The summed E-state index contributed by atoms with van der Waals surface area (Å²) in [5.74, 6) is 0. The minimum absolute atomic E-state index is 0.0586. The zero-order valence-electron chi connectivity index (χ0n) is 13.4. The molecule has 0 heterocycles. The minimum Gasteiger partial charge on any atom is -0.374 e. The standard InChI is InChI=1S/C17H19BrClNO3S/c1-12(2)23-11-14-6-4-3-5-13(14)10-20-24(21,22)17-8-7-15(18)9-16(17)19/h3-9,12,20H,10-11H2,1-2H3. The van der Waals surface area contributed by atoms with Crippen molar-refractivity contribution in [2.75, 3.05) is 0 Å². The van der Waals surface area contributed by atoms with E-state index >= 15 is 0 Å². The van der Waals surface area contributed by atoms with Crippen LogP contribution in [0.25, 0.3) is 0 Å². The van der Waals surface area contributed by atoms with E-state index in [1.54, 1.807) is 12.1 Å². The SMILES string of the molecule is CC(C)OCc1ccccc1CNS(=O)(=O)c1ccc(Br)cc1Cl. The van der Waals surface area contributed by atoms with Crippen LogP contribution in [0, 0.1) is 0 Å². The smallest absolute Gasteiger partial charge is 0.242 e. The van der Waals surface area contributed by atoms with Crippen LogP contribution in [-0.2, 0) is 27.9 Å². The van der Waals surface area contributed by atoms with Gasteiger partial charge in [0.05, 0.1) is 17.7 Å². The third-order valence-electron chi connectivity index (χ3n) is 3.33. The van der Waals surface area contributed by atoms with Gasteiger partial charge in [0.1, 0.15) is 4.90 Å². The number of nitrogens with one attached hydrogen (secondary N) is 1. The fraction of sp³-hybridized carbons (Fsp3) is 0.294. The van der Waals surface area contributed by atoms with Crippen LogP contribution >= 0.6 is 27.5 Å². The lowest BCUT2D eigenvalue weighted by Gasteiger charge is -2.13. The summed E-state index contributed by atoms with van der Waals surface area (Å²) >= 11 is 9.31. The van der Waals surface area contributed by atoms with E-state index in [4.69, 9.17) is 16.3 Å². The molecule has 0 saturated carbocycles. The second kappa shape index (κ2) is 8.45. The van der Waals surface area contributed by atoms with Crippen LogP contribution in [-0.4, -0.2) is 14.5 Å². The molecule has 0 aliphatic rings. The van der Waals surface area contributed by atoms with E-state index in [1.165, 1.54) is 6.07 Å². The Morgan fingerprint density at radius 2 is 1.83 bits per heavy atom. The maximum Gasteiger partial charge on any atom is 0.242 e. The van der Waals surface area contributed by atoms with Crippen LogP contribution in [0.15, 0.2) is 51.8 Å². The number of halogens is 2. The first-order valence-electron chi connectivity index (χ1n) is 7.42. The van der Waals surface area contributed by atoms with E-state index in [2.05, 4.69) is 20.7 Å². The zero-order chi connectivity index (χ0) is 17.7. The molecule has 0 bridgehead atoms. The molecule has 0 aromatic heterocycles. The van der Waals surface area contributed by atoms with Gasteiger partial charge in [-0.1, -0.05) is 51.8 Å². The van der Waals surface area contributed by atoms with Crippen LogP contribution in [0.4, 0.5) is 0 Å². The van der Waals surface area contributed by atoms with E-state index in [1.807, 2.05) is 38.1 Å². The Balaban J connectivity index is 2.15. The van der Waals surface area contributed by atoms with Gasteiger partial charge in [-0.05, 0) is 43.2 Å². The van der Waals surface area contributed by atoms with Gasteiger partial charge in [-0.2, -0.15) is 0 Å². The van der Waals surface area contributed by atoms with E-state index in [0.29, 0.717) is 6.61 Å². The number of benzene rings is 2. The van der Waals surface area contributed by atoms with Crippen LogP contribution in [0.5, 0.6) is 0 Å². The molecule has 0 fully saturated rings. The van der Waals surface area contributed by atoms with Crippen molar-refractivity contribution in [2.45, 2.75) is 38.0 Å². The molecule has 0 amide bonds. The van der Waals surface area contributed by atoms with Crippen molar-refractivity contribution in [2.24, 2.45) is 0 Å². The molecule has 7 heteroatoms. The number of sulfonamides is 1. The molecule has 130 valence electrons. The second-order valence-corrected chi connectivity index (χ2v) is 8.59. The number of hydrogen-bond acceptors (Lipinski definition) is 3. The van der Waals surface area contributed by atoms with Crippen LogP contribution in [0.3, 0.4) is 0 Å². The van der Waals surface area contributed by atoms with Crippen LogP contribution in [0.2, 0.25) is 5.02 Å². The summed E-state index contributed by atoms with van der Waals surface area (Å²) in [6, 6.07) is 12.3. The Labute approximate surface area is 156 Å². The van der Waals surface area contributed by atoms with Crippen molar-refractivity contribution in [3.05, 3.63) is 63.1 Å². The Morgan fingerprint density at radius 1 is 1.17 bits per heavy atom. The summed E-state index contributed by atoms with van der Waals surface area (Å²) in [7, 11) is -3.70. The van der Waals surface area contributed by atoms with Crippen LogP contribution < -0.4 is 4.72 Å². The number of ether oxygens (including phenoxy) is 1. The lowest BCUT2D eigenvalue weighted by atomic mass is 10.1. The van der Waals surface area contributed by atoms with Crippen molar-refractivity contribution >= 4 is 37.6 Å². The highest BCUT2D eigenvalue weighted by molar-refractivity contribution is 9.10. The summed E-state index contributed by atoms with van der Waals surface area (Å²) in [4.78, 5) is 0.0586.